The van der Waals surface area contributed by atoms with Crippen LogP contribution in [0.25, 0.3) is 0 Å². The van der Waals surface area contributed by atoms with Crippen LogP contribution in [0.3, 0.4) is 0 Å². The zero-order valence-electron chi connectivity index (χ0n) is 10.8. The first-order valence-corrected chi connectivity index (χ1v) is 7.47. The molecule has 0 bridgehead atoms. The third-order valence-electron chi connectivity index (χ3n) is 3.74. The van der Waals surface area contributed by atoms with Gasteiger partial charge in [-0.05, 0) is 65.7 Å². The zero-order valence-corrected chi connectivity index (χ0v) is 12.4. The number of hydrogen-bond donors (Lipinski definition) is 1. The molecule has 0 saturated heterocycles. The summed E-state index contributed by atoms with van der Waals surface area (Å²) in [6, 6.07) is 7.16. The molecule has 1 aromatic carbocycles. The van der Waals surface area contributed by atoms with Crippen molar-refractivity contribution in [2.24, 2.45) is 5.92 Å². The van der Waals surface area contributed by atoms with Gasteiger partial charge in [-0.2, -0.15) is 0 Å². The Morgan fingerprint density at radius 2 is 2.00 bits per heavy atom. The molecule has 1 aliphatic rings. The number of aryl methyl sites for hydroxylation is 1. The highest BCUT2D eigenvalue weighted by Crippen LogP contribution is 2.28. The number of halogens is 1. The number of nitrogens with one attached hydrogen (secondary N) is 1. The van der Waals surface area contributed by atoms with Crippen molar-refractivity contribution in [1.29, 1.82) is 0 Å². The molecule has 0 aliphatic heterocycles. The van der Waals surface area contributed by atoms with E-state index in [1.165, 1.54) is 47.8 Å². The van der Waals surface area contributed by atoms with E-state index in [2.05, 4.69) is 53.3 Å². The third kappa shape index (κ3) is 3.74. The van der Waals surface area contributed by atoms with E-state index in [-0.39, 0.29) is 0 Å². The molecule has 2 heteroatoms. The largest absolute Gasteiger partial charge is 0.381 e. The Hall–Kier alpha value is -0.500. The minimum absolute atomic E-state index is 0.651. The van der Waals surface area contributed by atoms with Crippen molar-refractivity contribution in [3.8, 4) is 0 Å². The maximum absolute atomic E-state index is 3.70. The smallest absolute Gasteiger partial charge is 0.0489 e. The van der Waals surface area contributed by atoms with Crippen molar-refractivity contribution in [2.75, 3.05) is 5.32 Å². The number of hydrogen-bond acceptors (Lipinski definition) is 1. The van der Waals surface area contributed by atoms with E-state index < -0.39 is 0 Å². The van der Waals surface area contributed by atoms with Crippen LogP contribution in [0.5, 0.6) is 0 Å². The monoisotopic (exact) mass is 295 g/mol. The summed E-state index contributed by atoms with van der Waals surface area (Å²) in [7, 11) is 0. The van der Waals surface area contributed by atoms with Crippen LogP contribution >= 0.6 is 15.9 Å². The molecule has 0 amide bonds. The van der Waals surface area contributed by atoms with Crippen molar-refractivity contribution in [1.82, 2.24) is 0 Å². The lowest BCUT2D eigenvalue weighted by atomic mass is 10.0. The fourth-order valence-corrected chi connectivity index (χ4v) is 2.96. The van der Waals surface area contributed by atoms with Crippen LogP contribution in [-0.4, -0.2) is 6.04 Å². The standard InChI is InChI=1S/C15H22BrN/c1-11-4-3-5-13(8-6-11)17-15-10-12(2)7-9-14(15)16/h7,9-11,13,17H,3-6,8H2,1-2H3. The van der Waals surface area contributed by atoms with E-state index >= 15 is 0 Å². The quantitative estimate of drug-likeness (QED) is 0.745. The average Bonchev–Trinajstić information content (AvgIpc) is 2.49. The fraction of sp³-hybridized carbons (Fsp3) is 0.600. The molecule has 0 heterocycles. The second kappa shape index (κ2) is 5.90. The van der Waals surface area contributed by atoms with Gasteiger partial charge in [0.1, 0.15) is 0 Å². The topological polar surface area (TPSA) is 12.0 Å². The Balaban J connectivity index is 2.02. The Bertz CT molecular complexity index is 375. The normalized spacial score (nSPS) is 25.4. The third-order valence-corrected chi connectivity index (χ3v) is 4.43. The van der Waals surface area contributed by atoms with Gasteiger partial charge in [-0.3, -0.25) is 0 Å². The number of anilines is 1. The van der Waals surface area contributed by atoms with E-state index in [0.29, 0.717) is 6.04 Å². The van der Waals surface area contributed by atoms with Gasteiger partial charge in [-0.15, -0.1) is 0 Å². The highest BCUT2D eigenvalue weighted by molar-refractivity contribution is 9.10. The van der Waals surface area contributed by atoms with Gasteiger partial charge in [0.25, 0.3) is 0 Å². The molecule has 1 aromatic rings. The molecule has 2 atom stereocenters. The number of rotatable bonds is 2. The molecular weight excluding hydrogens is 274 g/mol. The van der Waals surface area contributed by atoms with Crippen LogP contribution < -0.4 is 5.32 Å². The summed E-state index contributed by atoms with van der Waals surface area (Å²) in [4.78, 5) is 0. The van der Waals surface area contributed by atoms with E-state index in [1.54, 1.807) is 0 Å². The lowest BCUT2D eigenvalue weighted by Crippen LogP contribution is -2.18. The van der Waals surface area contributed by atoms with Crippen molar-refractivity contribution >= 4 is 21.6 Å². The summed E-state index contributed by atoms with van der Waals surface area (Å²) < 4.78 is 1.18. The predicted molar refractivity (Wildman–Crippen MR) is 78.5 cm³/mol. The lowest BCUT2D eigenvalue weighted by Gasteiger charge is -2.19. The first-order chi connectivity index (χ1) is 8.15. The highest BCUT2D eigenvalue weighted by atomic mass is 79.9. The molecule has 0 radical (unpaired) electrons. The van der Waals surface area contributed by atoms with E-state index in [9.17, 15) is 0 Å². The Morgan fingerprint density at radius 1 is 1.18 bits per heavy atom. The molecule has 94 valence electrons. The molecule has 2 unspecified atom stereocenters. The van der Waals surface area contributed by atoms with Crippen LogP contribution in [0, 0.1) is 12.8 Å². The van der Waals surface area contributed by atoms with Gasteiger partial charge in [-0.25, -0.2) is 0 Å². The first kappa shape index (κ1) is 12.9. The summed E-state index contributed by atoms with van der Waals surface area (Å²) in [6.45, 7) is 4.53. The molecule has 17 heavy (non-hydrogen) atoms. The number of benzene rings is 1. The second-order valence-corrected chi connectivity index (χ2v) is 6.29. The van der Waals surface area contributed by atoms with Crippen molar-refractivity contribution in [3.05, 3.63) is 28.2 Å². The Kier molecular flexibility index (Phi) is 4.49. The van der Waals surface area contributed by atoms with Gasteiger partial charge in [0.2, 0.25) is 0 Å². The summed E-state index contributed by atoms with van der Waals surface area (Å²) in [5.41, 5.74) is 2.57. The molecule has 1 fully saturated rings. The lowest BCUT2D eigenvalue weighted by molar-refractivity contribution is 0.502. The molecule has 1 aliphatic carbocycles. The molecule has 0 aromatic heterocycles. The SMILES string of the molecule is Cc1ccc(Br)c(NC2CCCC(C)CC2)c1. The summed E-state index contributed by atoms with van der Waals surface area (Å²) >= 11 is 3.63. The maximum atomic E-state index is 3.70. The van der Waals surface area contributed by atoms with Crippen molar-refractivity contribution < 1.29 is 0 Å². The van der Waals surface area contributed by atoms with Crippen LogP contribution in [-0.2, 0) is 0 Å². The Labute approximate surface area is 113 Å². The second-order valence-electron chi connectivity index (χ2n) is 5.44. The molecule has 1 nitrogen and oxygen atoms in total. The van der Waals surface area contributed by atoms with Crippen LogP contribution in [0.2, 0.25) is 0 Å². The van der Waals surface area contributed by atoms with Gasteiger partial charge < -0.3 is 5.32 Å². The summed E-state index contributed by atoms with van der Waals surface area (Å²) in [5.74, 6) is 0.905. The van der Waals surface area contributed by atoms with Gasteiger partial charge in [0.15, 0.2) is 0 Å². The van der Waals surface area contributed by atoms with Gasteiger partial charge in [-0.1, -0.05) is 25.8 Å². The van der Waals surface area contributed by atoms with Crippen LogP contribution in [0.4, 0.5) is 5.69 Å². The fourth-order valence-electron chi connectivity index (χ4n) is 2.60. The van der Waals surface area contributed by atoms with Gasteiger partial charge >= 0.3 is 0 Å². The zero-order chi connectivity index (χ0) is 12.3. The maximum Gasteiger partial charge on any atom is 0.0489 e. The Morgan fingerprint density at radius 3 is 2.82 bits per heavy atom. The summed E-state index contributed by atoms with van der Waals surface area (Å²) in [5, 5.41) is 3.70. The van der Waals surface area contributed by atoms with E-state index in [4.69, 9.17) is 0 Å². The van der Waals surface area contributed by atoms with Crippen molar-refractivity contribution in [3.63, 3.8) is 0 Å². The molecule has 1 saturated carbocycles. The van der Waals surface area contributed by atoms with E-state index in [1.807, 2.05) is 0 Å². The average molecular weight is 296 g/mol. The molecular formula is C15H22BrN. The minimum atomic E-state index is 0.651. The van der Waals surface area contributed by atoms with Crippen molar-refractivity contribution in [2.45, 2.75) is 52.0 Å². The van der Waals surface area contributed by atoms with Gasteiger partial charge in [0.05, 0.1) is 0 Å². The molecule has 2 rings (SSSR count). The highest BCUT2D eigenvalue weighted by Gasteiger charge is 2.16. The minimum Gasteiger partial charge on any atom is -0.381 e. The first-order valence-electron chi connectivity index (χ1n) is 6.68. The predicted octanol–water partition coefficient (Wildman–Crippen LogP) is 5.14. The summed E-state index contributed by atoms with van der Waals surface area (Å²) in [6.07, 6.45) is 6.74. The molecule has 0 spiro atoms. The van der Waals surface area contributed by atoms with E-state index in [0.717, 1.165) is 5.92 Å². The van der Waals surface area contributed by atoms with Gasteiger partial charge in [0, 0.05) is 16.2 Å². The van der Waals surface area contributed by atoms with Crippen LogP contribution in [0.1, 0.15) is 44.6 Å². The molecule has 1 N–H and O–H groups in total. The van der Waals surface area contributed by atoms with Crippen LogP contribution in [0.15, 0.2) is 22.7 Å².